The molecular formula is C9H12N4S. The summed E-state index contributed by atoms with van der Waals surface area (Å²) in [7, 11) is 0. The van der Waals surface area contributed by atoms with Gasteiger partial charge in [0.25, 0.3) is 0 Å². The van der Waals surface area contributed by atoms with Crippen molar-refractivity contribution < 1.29 is 0 Å². The van der Waals surface area contributed by atoms with Crippen molar-refractivity contribution in [3.05, 3.63) is 35.1 Å². The highest BCUT2D eigenvalue weighted by Crippen LogP contribution is 2.12. The first kappa shape index (κ1) is 9.36. The molecule has 0 bridgehead atoms. The molecule has 14 heavy (non-hydrogen) atoms. The van der Waals surface area contributed by atoms with Crippen molar-refractivity contribution in [1.29, 1.82) is 0 Å². The summed E-state index contributed by atoms with van der Waals surface area (Å²) in [5.74, 6) is 0. The van der Waals surface area contributed by atoms with Gasteiger partial charge in [0.05, 0.1) is 12.2 Å². The maximum Gasteiger partial charge on any atom is 0.0952 e. The minimum atomic E-state index is 0.0524. The van der Waals surface area contributed by atoms with Crippen LogP contribution in [0.4, 0.5) is 0 Å². The van der Waals surface area contributed by atoms with E-state index in [0.29, 0.717) is 0 Å². The zero-order valence-corrected chi connectivity index (χ0v) is 8.74. The fraction of sp³-hybridized carbons (Fsp3) is 0.333. The van der Waals surface area contributed by atoms with Crippen LogP contribution in [0.3, 0.4) is 0 Å². The fourth-order valence-corrected chi connectivity index (χ4v) is 1.85. The topological polar surface area (TPSA) is 56.7 Å². The summed E-state index contributed by atoms with van der Waals surface area (Å²) < 4.78 is 5.92. The first-order valence-corrected chi connectivity index (χ1v) is 5.27. The van der Waals surface area contributed by atoms with Crippen molar-refractivity contribution in [2.75, 3.05) is 0 Å². The third kappa shape index (κ3) is 1.83. The van der Waals surface area contributed by atoms with Crippen LogP contribution in [0, 0.1) is 0 Å². The molecule has 0 spiro atoms. The first-order chi connectivity index (χ1) is 6.77. The lowest BCUT2D eigenvalue weighted by atomic mass is 10.2. The van der Waals surface area contributed by atoms with Crippen molar-refractivity contribution in [1.82, 2.24) is 14.2 Å². The van der Waals surface area contributed by atoms with E-state index in [4.69, 9.17) is 5.73 Å². The largest absolute Gasteiger partial charge is 0.344 e. The van der Waals surface area contributed by atoms with Crippen LogP contribution in [-0.2, 0) is 6.54 Å². The molecule has 1 unspecified atom stereocenters. The second-order valence-electron chi connectivity index (χ2n) is 3.25. The van der Waals surface area contributed by atoms with E-state index in [0.717, 1.165) is 17.9 Å². The van der Waals surface area contributed by atoms with Gasteiger partial charge in [0.1, 0.15) is 0 Å². The summed E-state index contributed by atoms with van der Waals surface area (Å²) in [4.78, 5) is 0. The Morgan fingerprint density at radius 3 is 3.14 bits per heavy atom. The molecule has 2 aromatic rings. The van der Waals surface area contributed by atoms with Crippen LogP contribution in [0.15, 0.2) is 23.7 Å². The SMILES string of the molecule is CC(N)c1cccn1Cc1csnn1. The molecule has 0 saturated carbocycles. The third-order valence-corrected chi connectivity index (χ3v) is 2.62. The Balaban J connectivity index is 2.21. The zero-order chi connectivity index (χ0) is 9.97. The number of aromatic nitrogens is 3. The lowest BCUT2D eigenvalue weighted by molar-refractivity contribution is 0.665. The average Bonchev–Trinajstić information content (AvgIpc) is 2.75. The summed E-state index contributed by atoms with van der Waals surface area (Å²) >= 11 is 1.37. The summed E-state index contributed by atoms with van der Waals surface area (Å²) in [5, 5.41) is 5.95. The molecule has 2 N–H and O–H groups in total. The van der Waals surface area contributed by atoms with Gasteiger partial charge in [-0.15, -0.1) is 5.10 Å². The van der Waals surface area contributed by atoms with E-state index in [1.807, 2.05) is 30.6 Å². The van der Waals surface area contributed by atoms with Crippen LogP contribution < -0.4 is 5.73 Å². The second kappa shape index (κ2) is 3.89. The predicted octanol–water partition coefficient (Wildman–Crippen LogP) is 1.41. The molecular weight excluding hydrogens is 196 g/mol. The lowest BCUT2D eigenvalue weighted by Crippen LogP contribution is -2.12. The van der Waals surface area contributed by atoms with Gasteiger partial charge in [-0.25, -0.2) is 0 Å². The van der Waals surface area contributed by atoms with Crippen molar-refractivity contribution >= 4 is 11.5 Å². The van der Waals surface area contributed by atoms with Gasteiger partial charge in [0, 0.05) is 23.3 Å². The van der Waals surface area contributed by atoms with Crippen molar-refractivity contribution in [2.24, 2.45) is 5.73 Å². The predicted molar refractivity (Wildman–Crippen MR) is 56.0 cm³/mol. The average molecular weight is 208 g/mol. The normalized spacial score (nSPS) is 13.0. The number of rotatable bonds is 3. The molecule has 74 valence electrons. The van der Waals surface area contributed by atoms with Gasteiger partial charge in [-0.3, -0.25) is 0 Å². The van der Waals surface area contributed by atoms with Crippen LogP contribution >= 0.6 is 11.5 Å². The second-order valence-corrected chi connectivity index (χ2v) is 3.86. The molecule has 4 nitrogen and oxygen atoms in total. The van der Waals surface area contributed by atoms with E-state index in [-0.39, 0.29) is 6.04 Å². The molecule has 0 amide bonds. The molecule has 2 rings (SSSR count). The summed E-state index contributed by atoms with van der Waals surface area (Å²) in [6, 6.07) is 4.08. The van der Waals surface area contributed by atoms with E-state index >= 15 is 0 Å². The molecule has 0 aliphatic rings. The van der Waals surface area contributed by atoms with Crippen LogP contribution in [-0.4, -0.2) is 14.2 Å². The van der Waals surface area contributed by atoms with Gasteiger partial charge < -0.3 is 10.3 Å². The van der Waals surface area contributed by atoms with Gasteiger partial charge in [0.15, 0.2) is 0 Å². The highest BCUT2D eigenvalue weighted by atomic mass is 32.1. The number of hydrogen-bond acceptors (Lipinski definition) is 4. The van der Waals surface area contributed by atoms with Gasteiger partial charge in [0.2, 0.25) is 0 Å². The number of hydrogen-bond donors (Lipinski definition) is 1. The van der Waals surface area contributed by atoms with Crippen LogP contribution in [0.1, 0.15) is 24.4 Å². The summed E-state index contributed by atoms with van der Waals surface area (Å²) in [6.07, 6.45) is 2.01. The Morgan fingerprint density at radius 1 is 1.64 bits per heavy atom. The zero-order valence-electron chi connectivity index (χ0n) is 7.92. The van der Waals surface area contributed by atoms with E-state index < -0.39 is 0 Å². The number of nitrogens with zero attached hydrogens (tertiary/aromatic N) is 3. The van der Waals surface area contributed by atoms with Crippen LogP contribution in [0.2, 0.25) is 0 Å². The highest BCUT2D eigenvalue weighted by molar-refractivity contribution is 7.03. The molecule has 0 aliphatic carbocycles. The smallest absolute Gasteiger partial charge is 0.0952 e. The van der Waals surface area contributed by atoms with E-state index in [9.17, 15) is 0 Å². The Labute approximate surface area is 86.5 Å². The standard InChI is InChI=1S/C9H12N4S/c1-7(10)9-3-2-4-13(9)5-8-6-14-12-11-8/h2-4,6-7H,5,10H2,1H3. The molecule has 0 aromatic carbocycles. The lowest BCUT2D eigenvalue weighted by Gasteiger charge is -2.09. The minimum absolute atomic E-state index is 0.0524. The molecule has 0 fully saturated rings. The maximum atomic E-state index is 5.83. The maximum absolute atomic E-state index is 5.83. The molecule has 2 heterocycles. The Hall–Kier alpha value is -1.20. The molecule has 0 saturated heterocycles. The van der Waals surface area contributed by atoms with Crippen LogP contribution in [0.5, 0.6) is 0 Å². The quantitative estimate of drug-likeness (QED) is 0.829. The monoisotopic (exact) mass is 208 g/mol. The van der Waals surface area contributed by atoms with E-state index in [1.165, 1.54) is 11.5 Å². The van der Waals surface area contributed by atoms with E-state index in [1.54, 1.807) is 0 Å². The highest BCUT2D eigenvalue weighted by Gasteiger charge is 2.06. The third-order valence-electron chi connectivity index (χ3n) is 2.07. The van der Waals surface area contributed by atoms with Crippen LogP contribution in [0.25, 0.3) is 0 Å². The minimum Gasteiger partial charge on any atom is -0.344 e. The van der Waals surface area contributed by atoms with Crippen molar-refractivity contribution in [3.63, 3.8) is 0 Å². The van der Waals surface area contributed by atoms with Gasteiger partial charge in [-0.2, -0.15) is 0 Å². The first-order valence-electron chi connectivity index (χ1n) is 4.44. The van der Waals surface area contributed by atoms with Gasteiger partial charge in [-0.1, -0.05) is 4.49 Å². The van der Waals surface area contributed by atoms with Crippen molar-refractivity contribution in [3.8, 4) is 0 Å². The van der Waals surface area contributed by atoms with Gasteiger partial charge >= 0.3 is 0 Å². The summed E-state index contributed by atoms with van der Waals surface area (Å²) in [6.45, 7) is 2.73. The molecule has 2 aromatic heterocycles. The Morgan fingerprint density at radius 2 is 2.50 bits per heavy atom. The van der Waals surface area contributed by atoms with Crippen molar-refractivity contribution in [2.45, 2.75) is 19.5 Å². The Kier molecular flexibility index (Phi) is 2.60. The number of nitrogens with two attached hydrogens (primary N) is 1. The molecule has 1 atom stereocenters. The summed E-state index contributed by atoms with van der Waals surface area (Å²) in [5.41, 5.74) is 7.94. The Bertz CT molecular complexity index is 391. The molecule has 5 heteroatoms. The molecule has 0 radical (unpaired) electrons. The van der Waals surface area contributed by atoms with E-state index in [2.05, 4.69) is 14.2 Å². The molecule has 0 aliphatic heterocycles. The van der Waals surface area contributed by atoms with Gasteiger partial charge in [-0.05, 0) is 30.6 Å². The fourth-order valence-electron chi connectivity index (χ4n) is 1.41.